The zero-order chi connectivity index (χ0) is 11.0. The Bertz CT molecular complexity index is 485. The van der Waals surface area contributed by atoms with Crippen LogP contribution < -0.4 is 5.73 Å². The molecule has 1 aliphatic rings. The number of hydrogen-bond donors (Lipinski definition) is 2. The Kier molecular flexibility index (Phi) is 2.36. The van der Waals surface area contributed by atoms with E-state index in [2.05, 4.69) is 34.5 Å². The van der Waals surface area contributed by atoms with Crippen LogP contribution in [-0.4, -0.2) is 15.4 Å². The van der Waals surface area contributed by atoms with Gasteiger partial charge in [0.1, 0.15) is 5.82 Å². The zero-order valence-electron chi connectivity index (χ0n) is 8.81. The van der Waals surface area contributed by atoms with E-state index in [4.69, 9.17) is 5.73 Å². The lowest BCUT2D eigenvalue weighted by Gasteiger charge is -2.01. The number of nitrogens with two attached hydrogens (primary N) is 1. The molecule has 3 N–H and O–H groups in total. The van der Waals surface area contributed by atoms with E-state index in [1.54, 1.807) is 0 Å². The van der Waals surface area contributed by atoms with E-state index in [-0.39, 0.29) is 0 Å². The normalized spacial score (nSPS) is 15.2. The van der Waals surface area contributed by atoms with Crippen molar-refractivity contribution in [3.63, 3.8) is 0 Å². The number of aromatic nitrogens is 2. The van der Waals surface area contributed by atoms with Gasteiger partial charge in [-0.05, 0) is 30.5 Å². The summed E-state index contributed by atoms with van der Waals surface area (Å²) in [7, 11) is 0. The van der Waals surface area contributed by atoms with Crippen LogP contribution in [-0.2, 0) is 0 Å². The maximum absolute atomic E-state index is 5.57. The molecule has 0 radical (unpaired) electrons. The van der Waals surface area contributed by atoms with Crippen LogP contribution in [0.15, 0.2) is 35.2 Å². The van der Waals surface area contributed by atoms with Crippen LogP contribution in [0.3, 0.4) is 0 Å². The van der Waals surface area contributed by atoms with Gasteiger partial charge in [0.05, 0.1) is 5.69 Å². The first-order valence-corrected chi connectivity index (χ1v) is 6.27. The number of H-pyrrole nitrogens is 1. The molecule has 3 nitrogen and oxygen atoms in total. The van der Waals surface area contributed by atoms with Crippen molar-refractivity contribution in [3.05, 3.63) is 30.3 Å². The molecule has 1 saturated carbocycles. The van der Waals surface area contributed by atoms with Gasteiger partial charge in [-0.2, -0.15) is 5.10 Å². The molecular weight excluding hydrogens is 218 g/mol. The third-order valence-electron chi connectivity index (χ3n) is 2.59. The summed E-state index contributed by atoms with van der Waals surface area (Å²) in [5.74, 6) is 0.534. The number of rotatable bonds is 3. The summed E-state index contributed by atoms with van der Waals surface area (Å²) in [5, 5.41) is 7.69. The smallest absolute Gasteiger partial charge is 0.145 e. The molecule has 0 aliphatic heterocycles. The van der Waals surface area contributed by atoms with Crippen molar-refractivity contribution in [1.82, 2.24) is 10.2 Å². The average molecular weight is 231 g/mol. The van der Waals surface area contributed by atoms with E-state index in [0.29, 0.717) is 5.82 Å². The van der Waals surface area contributed by atoms with Crippen LogP contribution in [0.2, 0.25) is 0 Å². The van der Waals surface area contributed by atoms with Crippen LogP contribution in [0.5, 0.6) is 0 Å². The molecule has 2 aromatic rings. The number of benzene rings is 1. The lowest BCUT2D eigenvalue weighted by Crippen LogP contribution is -1.81. The molecule has 1 aromatic heterocycles. The molecule has 0 amide bonds. The largest absolute Gasteiger partial charge is 0.382 e. The highest BCUT2D eigenvalue weighted by Crippen LogP contribution is 2.39. The Balaban J connectivity index is 1.80. The van der Waals surface area contributed by atoms with Gasteiger partial charge in [0, 0.05) is 16.2 Å². The minimum absolute atomic E-state index is 0.534. The lowest BCUT2D eigenvalue weighted by atomic mass is 10.1. The number of nitrogens with zero attached hydrogens (tertiary/aromatic N) is 1. The van der Waals surface area contributed by atoms with E-state index < -0.39 is 0 Å². The second-order valence-corrected chi connectivity index (χ2v) is 5.42. The average Bonchev–Trinajstić information content (AvgIpc) is 3.00. The fraction of sp³-hybridized carbons (Fsp3) is 0.250. The van der Waals surface area contributed by atoms with Crippen LogP contribution >= 0.6 is 11.8 Å². The third-order valence-corrected chi connectivity index (χ3v) is 3.94. The minimum atomic E-state index is 0.534. The van der Waals surface area contributed by atoms with Crippen molar-refractivity contribution in [1.29, 1.82) is 0 Å². The third kappa shape index (κ3) is 2.07. The van der Waals surface area contributed by atoms with Gasteiger partial charge in [-0.1, -0.05) is 12.1 Å². The molecular formula is C12H13N3S. The molecule has 1 heterocycles. The molecule has 1 fully saturated rings. The molecule has 16 heavy (non-hydrogen) atoms. The van der Waals surface area contributed by atoms with Gasteiger partial charge in [0.25, 0.3) is 0 Å². The highest BCUT2D eigenvalue weighted by atomic mass is 32.2. The van der Waals surface area contributed by atoms with Crippen molar-refractivity contribution >= 4 is 17.6 Å². The van der Waals surface area contributed by atoms with Crippen LogP contribution in [0.1, 0.15) is 12.8 Å². The molecule has 0 unspecified atom stereocenters. The highest BCUT2D eigenvalue weighted by Gasteiger charge is 2.22. The first kappa shape index (κ1) is 9.78. The van der Waals surface area contributed by atoms with E-state index in [1.807, 2.05) is 17.8 Å². The van der Waals surface area contributed by atoms with E-state index in [1.165, 1.54) is 17.7 Å². The van der Waals surface area contributed by atoms with Crippen molar-refractivity contribution in [2.75, 3.05) is 5.73 Å². The number of nitrogens with one attached hydrogen (secondary N) is 1. The number of nitrogen functional groups attached to an aromatic ring is 1. The van der Waals surface area contributed by atoms with Gasteiger partial charge in [-0.25, -0.2) is 0 Å². The Morgan fingerprint density at radius 2 is 2.00 bits per heavy atom. The predicted molar refractivity (Wildman–Crippen MR) is 67.3 cm³/mol. The van der Waals surface area contributed by atoms with Gasteiger partial charge in [-0.3, -0.25) is 5.10 Å². The van der Waals surface area contributed by atoms with Crippen LogP contribution in [0, 0.1) is 0 Å². The Labute approximate surface area is 98.4 Å². The summed E-state index contributed by atoms with van der Waals surface area (Å²) in [6.45, 7) is 0. The summed E-state index contributed by atoms with van der Waals surface area (Å²) in [4.78, 5) is 1.35. The Morgan fingerprint density at radius 3 is 2.56 bits per heavy atom. The number of hydrogen-bond acceptors (Lipinski definition) is 3. The topological polar surface area (TPSA) is 54.7 Å². The summed E-state index contributed by atoms with van der Waals surface area (Å²) in [6.07, 6.45) is 2.73. The summed E-state index contributed by atoms with van der Waals surface area (Å²) in [5.41, 5.74) is 7.68. The molecule has 3 rings (SSSR count). The fourth-order valence-corrected chi connectivity index (χ4v) is 2.63. The van der Waals surface area contributed by atoms with Gasteiger partial charge in [0.2, 0.25) is 0 Å². The first-order valence-electron chi connectivity index (χ1n) is 5.39. The second-order valence-electron chi connectivity index (χ2n) is 4.05. The quantitative estimate of drug-likeness (QED) is 0.854. The zero-order valence-corrected chi connectivity index (χ0v) is 9.63. The molecule has 1 aromatic carbocycles. The molecule has 4 heteroatoms. The predicted octanol–water partition coefficient (Wildman–Crippen LogP) is 2.91. The van der Waals surface area contributed by atoms with Crippen molar-refractivity contribution in [2.45, 2.75) is 23.0 Å². The highest BCUT2D eigenvalue weighted by molar-refractivity contribution is 8.00. The van der Waals surface area contributed by atoms with Crippen molar-refractivity contribution in [2.24, 2.45) is 0 Å². The maximum atomic E-state index is 5.57. The van der Waals surface area contributed by atoms with Crippen LogP contribution in [0.4, 0.5) is 5.82 Å². The Morgan fingerprint density at radius 1 is 1.25 bits per heavy atom. The van der Waals surface area contributed by atoms with E-state index in [0.717, 1.165) is 16.5 Å². The van der Waals surface area contributed by atoms with E-state index in [9.17, 15) is 0 Å². The fourth-order valence-electron chi connectivity index (χ4n) is 1.58. The first-order chi connectivity index (χ1) is 7.81. The van der Waals surface area contributed by atoms with Crippen LogP contribution in [0.25, 0.3) is 11.3 Å². The Hall–Kier alpha value is -1.42. The number of anilines is 1. The summed E-state index contributed by atoms with van der Waals surface area (Å²) in [6, 6.07) is 10.4. The SMILES string of the molecule is Nc1cc(-c2ccc(SC3CC3)cc2)[nH]n1. The monoisotopic (exact) mass is 231 g/mol. The summed E-state index contributed by atoms with van der Waals surface area (Å²) < 4.78 is 0. The van der Waals surface area contributed by atoms with Gasteiger partial charge < -0.3 is 5.73 Å². The van der Waals surface area contributed by atoms with Crippen molar-refractivity contribution in [3.8, 4) is 11.3 Å². The van der Waals surface area contributed by atoms with Gasteiger partial charge in [0.15, 0.2) is 0 Å². The number of thioether (sulfide) groups is 1. The molecule has 0 atom stereocenters. The molecule has 0 bridgehead atoms. The molecule has 0 saturated heterocycles. The summed E-state index contributed by atoms with van der Waals surface area (Å²) >= 11 is 1.97. The lowest BCUT2D eigenvalue weighted by molar-refractivity contribution is 1.10. The van der Waals surface area contributed by atoms with E-state index >= 15 is 0 Å². The number of aromatic amines is 1. The molecule has 0 spiro atoms. The second kappa shape index (κ2) is 3.87. The maximum Gasteiger partial charge on any atom is 0.145 e. The minimum Gasteiger partial charge on any atom is -0.382 e. The molecule has 1 aliphatic carbocycles. The van der Waals surface area contributed by atoms with Crippen molar-refractivity contribution < 1.29 is 0 Å². The standard InChI is InChI=1S/C12H13N3S/c13-12-7-11(14-15-12)8-1-3-9(4-2-8)16-10-5-6-10/h1-4,7,10H,5-6H2,(H3,13,14,15). The molecule has 82 valence electrons. The van der Waals surface area contributed by atoms with Gasteiger partial charge >= 0.3 is 0 Å². The van der Waals surface area contributed by atoms with Gasteiger partial charge in [-0.15, -0.1) is 11.8 Å².